The Bertz CT molecular complexity index is 2380. The Hall–Kier alpha value is -6.83. The number of non-ortho nitro benzene ring substituents is 1. The van der Waals surface area contributed by atoms with Crippen LogP contribution in [0.4, 0.5) is 16.4 Å². The molecule has 0 spiro atoms. The van der Waals surface area contributed by atoms with E-state index in [0.717, 1.165) is 5.56 Å². The van der Waals surface area contributed by atoms with Crippen LogP contribution in [0.3, 0.4) is 0 Å². The van der Waals surface area contributed by atoms with Crippen LogP contribution in [0, 0.1) is 10.1 Å². The topological polar surface area (TPSA) is 157 Å². The summed E-state index contributed by atoms with van der Waals surface area (Å²) in [5.41, 5.74) is 3.37. The molecule has 0 aliphatic carbocycles. The summed E-state index contributed by atoms with van der Waals surface area (Å²) >= 11 is 2.48. The fraction of sp³-hybridized carbons (Fsp3) is 0.0698. The number of hydrogen-bond donors (Lipinski definition) is 3. The summed E-state index contributed by atoms with van der Waals surface area (Å²) in [5.74, 6) is -2.09. The van der Waals surface area contributed by atoms with Crippen LogP contribution < -0.4 is 16.0 Å². The van der Waals surface area contributed by atoms with Gasteiger partial charge in [0.1, 0.15) is 21.5 Å². The molecule has 1 aromatic heterocycles. The maximum atomic E-state index is 14.2. The van der Waals surface area contributed by atoms with Crippen LogP contribution in [0.15, 0.2) is 155 Å². The fourth-order valence-corrected chi connectivity index (χ4v) is 7.59. The van der Waals surface area contributed by atoms with E-state index in [1.165, 1.54) is 53.4 Å². The zero-order chi connectivity index (χ0) is 39.4. The van der Waals surface area contributed by atoms with E-state index < -0.39 is 28.0 Å². The van der Waals surface area contributed by atoms with Gasteiger partial charge in [-0.05, 0) is 72.2 Å². The first-order chi connectivity index (χ1) is 27.2. The normalized spacial score (nSPS) is 11.6. The number of rotatable bonds is 14. The van der Waals surface area contributed by atoms with E-state index in [2.05, 4.69) is 16.0 Å². The Balaban J connectivity index is 1.26. The second-order valence-electron chi connectivity index (χ2n) is 12.0. The molecular formula is C43H34N4O7S2. The fourth-order valence-electron chi connectivity index (χ4n) is 5.55. The summed E-state index contributed by atoms with van der Waals surface area (Å²) in [6.07, 6.45) is 1.42. The third-order valence-corrected chi connectivity index (χ3v) is 10.4. The number of thioether (sulfide) groups is 1. The molecule has 56 heavy (non-hydrogen) atoms. The zero-order valence-electron chi connectivity index (χ0n) is 29.8. The minimum atomic E-state index is -0.776. The quantitative estimate of drug-likeness (QED) is 0.0324. The highest BCUT2D eigenvalue weighted by Crippen LogP contribution is 2.40. The van der Waals surface area contributed by atoms with Crippen molar-refractivity contribution in [3.63, 3.8) is 0 Å². The number of carbonyl (C=O) groups is 4. The van der Waals surface area contributed by atoms with E-state index >= 15 is 0 Å². The Morgan fingerprint density at radius 1 is 0.821 bits per heavy atom. The first-order valence-electron chi connectivity index (χ1n) is 17.3. The predicted octanol–water partition coefficient (Wildman–Crippen LogP) is 9.38. The predicted molar refractivity (Wildman–Crippen MR) is 219 cm³/mol. The molecule has 13 heteroatoms. The third kappa shape index (κ3) is 9.82. The average Bonchev–Trinajstić information content (AvgIpc) is 3.64. The second-order valence-corrected chi connectivity index (χ2v) is 14.1. The molecule has 280 valence electrons. The SMILES string of the molecule is CCOC(=O)c1c(-c2ccccc2)csc1NC(=O)C(Sc1cccc(NC(=O)/C(=C\c2ccc([N+](=O)[O-])cc2)NC(=O)c2ccccc2)c1)c1ccccc1. The van der Waals surface area contributed by atoms with Gasteiger partial charge in [-0.25, -0.2) is 4.79 Å². The van der Waals surface area contributed by atoms with Crippen LogP contribution in [0.5, 0.6) is 0 Å². The molecule has 6 aromatic rings. The van der Waals surface area contributed by atoms with Crippen molar-refractivity contribution in [2.75, 3.05) is 17.2 Å². The largest absolute Gasteiger partial charge is 0.462 e. The van der Waals surface area contributed by atoms with E-state index in [-0.39, 0.29) is 29.5 Å². The van der Waals surface area contributed by atoms with Gasteiger partial charge >= 0.3 is 5.97 Å². The smallest absolute Gasteiger partial charge is 0.341 e. The van der Waals surface area contributed by atoms with Crippen LogP contribution in [0.1, 0.15) is 44.0 Å². The highest BCUT2D eigenvalue weighted by Gasteiger charge is 2.28. The molecule has 3 N–H and O–H groups in total. The highest BCUT2D eigenvalue weighted by molar-refractivity contribution is 8.00. The molecule has 1 atom stereocenters. The number of esters is 1. The first-order valence-corrected chi connectivity index (χ1v) is 19.1. The van der Waals surface area contributed by atoms with Crippen molar-refractivity contribution < 1.29 is 28.8 Å². The van der Waals surface area contributed by atoms with Crippen molar-refractivity contribution >= 4 is 69.2 Å². The first kappa shape index (κ1) is 38.9. The van der Waals surface area contributed by atoms with Gasteiger partial charge in [0.25, 0.3) is 17.5 Å². The van der Waals surface area contributed by atoms with Gasteiger partial charge in [-0.15, -0.1) is 23.1 Å². The summed E-state index contributed by atoms with van der Waals surface area (Å²) in [7, 11) is 0. The Kier molecular flexibility index (Phi) is 12.8. The Morgan fingerprint density at radius 2 is 1.48 bits per heavy atom. The number of thiophene rings is 1. The van der Waals surface area contributed by atoms with Gasteiger partial charge < -0.3 is 20.7 Å². The number of nitrogens with one attached hydrogen (secondary N) is 3. The molecule has 0 saturated carbocycles. The lowest BCUT2D eigenvalue weighted by Crippen LogP contribution is -2.30. The monoisotopic (exact) mass is 782 g/mol. The summed E-state index contributed by atoms with van der Waals surface area (Å²) in [6.45, 7) is 1.89. The van der Waals surface area contributed by atoms with Gasteiger partial charge in [0.2, 0.25) is 5.91 Å². The second kappa shape index (κ2) is 18.5. The van der Waals surface area contributed by atoms with Crippen LogP contribution in [0.2, 0.25) is 0 Å². The summed E-state index contributed by atoms with van der Waals surface area (Å²) < 4.78 is 5.39. The molecule has 0 saturated heterocycles. The van der Waals surface area contributed by atoms with Gasteiger partial charge in [-0.2, -0.15) is 0 Å². The van der Waals surface area contributed by atoms with Gasteiger partial charge in [0.15, 0.2) is 0 Å². The number of anilines is 2. The van der Waals surface area contributed by atoms with Crippen molar-refractivity contribution in [1.29, 1.82) is 0 Å². The van der Waals surface area contributed by atoms with Crippen molar-refractivity contribution in [3.8, 4) is 11.1 Å². The molecule has 11 nitrogen and oxygen atoms in total. The maximum Gasteiger partial charge on any atom is 0.341 e. The van der Waals surface area contributed by atoms with Crippen molar-refractivity contribution in [2.45, 2.75) is 17.1 Å². The molecular weight excluding hydrogens is 749 g/mol. The number of nitro benzene ring substituents is 1. The molecule has 0 aliphatic rings. The van der Waals surface area contributed by atoms with Crippen LogP contribution >= 0.6 is 23.1 Å². The molecule has 1 unspecified atom stereocenters. The molecule has 0 radical (unpaired) electrons. The molecule has 6 rings (SSSR count). The van der Waals surface area contributed by atoms with Crippen LogP contribution in [0.25, 0.3) is 17.2 Å². The Morgan fingerprint density at radius 3 is 2.14 bits per heavy atom. The number of nitrogens with zero attached hydrogens (tertiary/aromatic N) is 1. The molecule has 5 aromatic carbocycles. The van der Waals surface area contributed by atoms with Gasteiger partial charge in [-0.1, -0.05) is 84.9 Å². The zero-order valence-corrected chi connectivity index (χ0v) is 31.5. The Labute approximate surface area is 330 Å². The molecule has 1 heterocycles. The lowest BCUT2D eigenvalue weighted by Gasteiger charge is -2.18. The lowest BCUT2D eigenvalue weighted by atomic mass is 10.0. The minimum absolute atomic E-state index is 0.101. The summed E-state index contributed by atoms with van der Waals surface area (Å²) in [6, 6.07) is 39.4. The van der Waals surface area contributed by atoms with E-state index in [0.29, 0.717) is 37.8 Å². The van der Waals surface area contributed by atoms with Crippen LogP contribution in [-0.2, 0) is 14.3 Å². The van der Waals surface area contributed by atoms with Gasteiger partial charge in [-0.3, -0.25) is 24.5 Å². The molecule has 0 bridgehead atoms. The standard InChI is InChI=1S/C43H34N4O7S2/c1-2-54-43(51)37-35(29-13-6-3-7-14-29)27-55-42(37)46-41(50)38(30-15-8-4-9-16-30)56-34-20-12-19-32(26-34)44-40(49)36(45-39(48)31-17-10-5-11-18-31)25-28-21-23-33(24-22-28)47(52)53/h3-27,38H,2H2,1H3,(H,44,49)(H,45,48)(H,46,50)/b36-25+. The average molecular weight is 783 g/mol. The van der Waals surface area contributed by atoms with Gasteiger partial charge in [0, 0.05) is 39.2 Å². The lowest BCUT2D eigenvalue weighted by molar-refractivity contribution is -0.384. The van der Waals surface area contributed by atoms with E-state index in [4.69, 9.17) is 4.74 Å². The molecule has 0 fully saturated rings. The van der Waals surface area contributed by atoms with E-state index in [1.54, 1.807) is 61.5 Å². The number of carbonyl (C=O) groups excluding carboxylic acids is 4. The minimum Gasteiger partial charge on any atom is -0.462 e. The number of hydrogen-bond acceptors (Lipinski definition) is 9. The van der Waals surface area contributed by atoms with Crippen LogP contribution in [-0.4, -0.2) is 35.2 Å². The summed E-state index contributed by atoms with van der Waals surface area (Å²) in [5, 5.41) is 21.1. The molecule has 0 aliphatic heterocycles. The number of nitro groups is 1. The van der Waals surface area contributed by atoms with E-state index in [1.807, 2.05) is 66.0 Å². The highest BCUT2D eigenvalue weighted by atomic mass is 32.2. The van der Waals surface area contributed by atoms with Crippen molar-refractivity contribution in [1.82, 2.24) is 5.32 Å². The third-order valence-electron chi connectivity index (χ3n) is 8.22. The van der Waals surface area contributed by atoms with Gasteiger partial charge in [0.05, 0.1) is 11.5 Å². The maximum absolute atomic E-state index is 14.2. The number of benzene rings is 5. The van der Waals surface area contributed by atoms with Crippen molar-refractivity contribution in [3.05, 3.63) is 183 Å². The molecule has 3 amide bonds. The van der Waals surface area contributed by atoms with E-state index in [9.17, 15) is 29.3 Å². The number of ether oxygens (including phenoxy) is 1. The summed E-state index contributed by atoms with van der Waals surface area (Å²) in [4.78, 5) is 65.6. The number of amides is 3. The van der Waals surface area contributed by atoms with Crippen molar-refractivity contribution in [2.24, 2.45) is 0 Å².